The van der Waals surface area contributed by atoms with Crippen molar-refractivity contribution in [1.82, 2.24) is 0 Å². The molecule has 0 fully saturated rings. The minimum atomic E-state index is -0.0526. The monoisotopic (exact) mass is 496 g/mol. The van der Waals surface area contributed by atoms with Gasteiger partial charge in [-0.05, 0) is 25.2 Å². The number of ether oxygens (including phenoxy) is 2. The number of rotatable bonds is 27. The summed E-state index contributed by atoms with van der Waals surface area (Å²) in [5.41, 5.74) is 0. The number of carbonyl (C=O) groups is 2. The quantitative estimate of drug-likeness (QED) is 0.0838. The van der Waals surface area contributed by atoms with E-state index in [0.29, 0.717) is 32.0 Å². The lowest BCUT2D eigenvalue weighted by atomic mass is 10.0. The molecule has 0 aliphatic heterocycles. The van der Waals surface area contributed by atoms with E-state index in [2.05, 4.69) is 20.8 Å². The van der Waals surface area contributed by atoms with E-state index in [4.69, 9.17) is 9.47 Å². The number of hydrogen-bond acceptors (Lipinski definition) is 4. The topological polar surface area (TPSA) is 52.6 Å². The molecule has 0 aromatic heterocycles. The van der Waals surface area contributed by atoms with Crippen LogP contribution in [0, 0.1) is 5.92 Å². The predicted octanol–water partition coefficient (Wildman–Crippen LogP) is 9.72. The van der Waals surface area contributed by atoms with Gasteiger partial charge in [0.2, 0.25) is 0 Å². The average molecular weight is 497 g/mol. The highest BCUT2D eigenvalue weighted by molar-refractivity contribution is 5.69. The van der Waals surface area contributed by atoms with Crippen LogP contribution in [0.1, 0.15) is 168 Å². The number of hydrogen-bond donors (Lipinski definition) is 0. The second-order valence-electron chi connectivity index (χ2n) is 10.4. The molecule has 0 heterocycles. The molecule has 0 amide bonds. The molecule has 0 rings (SSSR count). The summed E-state index contributed by atoms with van der Waals surface area (Å²) in [6, 6.07) is 0. The molecule has 0 unspecified atom stereocenters. The number of unbranched alkanes of at least 4 members (excludes halogenated alkanes) is 17. The molecule has 4 heteroatoms. The third-order valence-electron chi connectivity index (χ3n) is 7.16. The lowest BCUT2D eigenvalue weighted by Crippen LogP contribution is -2.12. The molecular formula is C31H60O4. The maximum Gasteiger partial charge on any atom is 0.305 e. The van der Waals surface area contributed by atoms with E-state index < -0.39 is 0 Å². The maximum atomic E-state index is 11.9. The summed E-state index contributed by atoms with van der Waals surface area (Å²) in [6.45, 7) is 7.71. The SMILES string of the molecule is CCCCCCCCCCCCCCCOC(=O)CCCCCCCCC(=O)OCC(CC)CC. The Bertz CT molecular complexity index is 459. The van der Waals surface area contributed by atoms with Crippen LogP contribution in [0.2, 0.25) is 0 Å². The molecule has 0 bridgehead atoms. The first kappa shape index (κ1) is 33.9. The Balaban J connectivity index is 3.28. The van der Waals surface area contributed by atoms with Crippen LogP contribution < -0.4 is 0 Å². The number of carbonyl (C=O) groups excluding carboxylic acids is 2. The summed E-state index contributed by atoms with van der Waals surface area (Å²) >= 11 is 0. The smallest absolute Gasteiger partial charge is 0.305 e. The molecule has 0 atom stereocenters. The van der Waals surface area contributed by atoms with Crippen LogP contribution in [-0.2, 0) is 19.1 Å². The van der Waals surface area contributed by atoms with E-state index in [-0.39, 0.29) is 11.9 Å². The summed E-state index contributed by atoms with van der Waals surface area (Å²) in [6.07, 6.45) is 26.7. The fourth-order valence-corrected chi connectivity index (χ4v) is 4.43. The van der Waals surface area contributed by atoms with Gasteiger partial charge >= 0.3 is 11.9 Å². The first-order valence-corrected chi connectivity index (χ1v) is 15.4. The molecule has 0 aromatic rings. The molecule has 0 N–H and O–H groups in total. The third-order valence-corrected chi connectivity index (χ3v) is 7.16. The van der Waals surface area contributed by atoms with Crippen molar-refractivity contribution in [3.63, 3.8) is 0 Å². The van der Waals surface area contributed by atoms with Gasteiger partial charge in [0.1, 0.15) is 0 Å². The van der Waals surface area contributed by atoms with Crippen LogP contribution in [0.5, 0.6) is 0 Å². The molecule has 35 heavy (non-hydrogen) atoms. The van der Waals surface area contributed by atoms with Gasteiger partial charge in [-0.2, -0.15) is 0 Å². The second-order valence-corrected chi connectivity index (χ2v) is 10.4. The van der Waals surface area contributed by atoms with Crippen molar-refractivity contribution in [1.29, 1.82) is 0 Å². The molecule has 208 valence electrons. The normalized spacial score (nSPS) is 11.2. The Morgan fingerprint density at radius 1 is 0.486 bits per heavy atom. The van der Waals surface area contributed by atoms with Crippen molar-refractivity contribution in [2.45, 2.75) is 168 Å². The highest BCUT2D eigenvalue weighted by Gasteiger charge is 2.08. The third kappa shape index (κ3) is 25.8. The van der Waals surface area contributed by atoms with Crippen molar-refractivity contribution >= 4 is 11.9 Å². The highest BCUT2D eigenvalue weighted by atomic mass is 16.5. The van der Waals surface area contributed by atoms with Gasteiger partial charge in [-0.3, -0.25) is 9.59 Å². The zero-order valence-electron chi connectivity index (χ0n) is 23.9. The minimum absolute atomic E-state index is 0.0378. The maximum absolute atomic E-state index is 11.9. The Hall–Kier alpha value is -1.06. The fourth-order valence-electron chi connectivity index (χ4n) is 4.43. The molecule has 0 saturated carbocycles. The number of esters is 2. The van der Waals surface area contributed by atoms with Crippen molar-refractivity contribution in [3.05, 3.63) is 0 Å². The molecule has 4 nitrogen and oxygen atoms in total. The van der Waals surface area contributed by atoms with Crippen LogP contribution in [0.3, 0.4) is 0 Å². The van der Waals surface area contributed by atoms with E-state index in [1.54, 1.807) is 0 Å². The molecule has 0 saturated heterocycles. The van der Waals surface area contributed by atoms with Crippen molar-refractivity contribution in [2.75, 3.05) is 13.2 Å². The molecule has 0 spiro atoms. The summed E-state index contributed by atoms with van der Waals surface area (Å²) in [5, 5.41) is 0. The zero-order valence-corrected chi connectivity index (χ0v) is 23.9. The highest BCUT2D eigenvalue weighted by Crippen LogP contribution is 2.14. The fraction of sp³-hybridized carbons (Fsp3) is 0.935. The molecule has 0 aliphatic rings. The summed E-state index contributed by atoms with van der Waals surface area (Å²) < 4.78 is 10.7. The van der Waals surface area contributed by atoms with Gasteiger partial charge in [0, 0.05) is 12.8 Å². The zero-order chi connectivity index (χ0) is 25.8. The van der Waals surface area contributed by atoms with Gasteiger partial charge in [0.15, 0.2) is 0 Å². The van der Waals surface area contributed by atoms with Crippen molar-refractivity contribution < 1.29 is 19.1 Å². The minimum Gasteiger partial charge on any atom is -0.466 e. The molecular weight excluding hydrogens is 436 g/mol. The van der Waals surface area contributed by atoms with E-state index in [9.17, 15) is 9.59 Å². The van der Waals surface area contributed by atoms with Crippen LogP contribution in [0.4, 0.5) is 0 Å². The van der Waals surface area contributed by atoms with Crippen molar-refractivity contribution in [2.24, 2.45) is 5.92 Å². The van der Waals surface area contributed by atoms with E-state index in [0.717, 1.165) is 57.8 Å². The lowest BCUT2D eigenvalue weighted by Gasteiger charge is -2.12. The Morgan fingerprint density at radius 3 is 1.29 bits per heavy atom. The Kier molecular flexibility index (Phi) is 26.7. The average Bonchev–Trinajstić information content (AvgIpc) is 2.86. The molecule has 0 aliphatic carbocycles. The summed E-state index contributed by atoms with van der Waals surface area (Å²) in [7, 11) is 0. The van der Waals surface area contributed by atoms with Crippen LogP contribution in [0.15, 0.2) is 0 Å². The van der Waals surface area contributed by atoms with Gasteiger partial charge in [-0.15, -0.1) is 0 Å². The second kappa shape index (κ2) is 27.5. The van der Waals surface area contributed by atoms with Gasteiger partial charge in [0.25, 0.3) is 0 Å². The van der Waals surface area contributed by atoms with E-state index in [1.807, 2.05) is 0 Å². The molecule has 0 aromatic carbocycles. The lowest BCUT2D eigenvalue weighted by molar-refractivity contribution is -0.145. The Labute approximate surface area is 218 Å². The largest absolute Gasteiger partial charge is 0.466 e. The Morgan fingerprint density at radius 2 is 0.857 bits per heavy atom. The predicted molar refractivity (Wildman–Crippen MR) is 149 cm³/mol. The van der Waals surface area contributed by atoms with Crippen LogP contribution >= 0.6 is 0 Å². The van der Waals surface area contributed by atoms with Gasteiger partial charge < -0.3 is 9.47 Å². The summed E-state index contributed by atoms with van der Waals surface area (Å²) in [5.74, 6) is 0.410. The standard InChI is InChI=1S/C31H60O4/c1-4-7-8-9-10-11-12-13-14-15-18-21-24-27-34-30(32)25-22-19-16-17-20-23-26-31(33)35-28-29(5-2)6-3/h29H,4-28H2,1-3H3. The summed E-state index contributed by atoms with van der Waals surface area (Å²) in [4.78, 5) is 23.6. The van der Waals surface area contributed by atoms with Crippen LogP contribution in [0.25, 0.3) is 0 Å². The van der Waals surface area contributed by atoms with Crippen molar-refractivity contribution in [3.8, 4) is 0 Å². The van der Waals surface area contributed by atoms with Gasteiger partial charge in [-0.1, -0.05) is 136 Å². The first-order chi connectivity index (χ1) is 17.1. The van der Waals surface area contributed by atoms with E-state index in [1.165, 1.54) is 77.0 Å². The van der Waals surface area contributed by atoms with E-state index >= 15 is 0 Å². The van der Waals surface area contributed by atoms with Gasteiger partial charge in [-0.25, -0.2) is 0 Å². The molecule has 0 radical (unpaired) electrons. The first-order valence-electron chi connectivity index (χ1n) is 15.4. The van der Waals surface area contributed by atoms with Gasteiger partial charge in [0.05, 0.1) is 13.2 Å². The van der Waals surface area contributed by atoms with Crippen LogP contribution in [-0.4, -0.2) is 25.2 Å².